The van der Waals surface area contributed by atoms with Gasteiger partial charge in [-0.1, -0.05) is 25.5 Å². The van der Waals surface area contributed by atoms with E-state index in [2.05, 4.69) is 6.92 Å². The number of ether oxygens (including phenoxy) is 1. The zero-order chi connectivity index (χ0) is 15.0. The Labute approximate surface area is 121 Å². The normalized spacial score (nSPS) is 17.2. The highest BCUT2D eigenvalue weighted by Gasteiger charge is 2.34. The van der Waals surface area contributed by atoms with Crippen molar-refractivity contribution in [3.8, 4) is 0 Å². The zero-order valence-electron chi connectivity index (χ0n) is 12.4. The van der Waals surface area contributed by atoms with Gasteiger partial charge < -0.3 is 9.84 Å². The van der Waals surface area contributed by atoms with Crippen LogP contribution < -0.4 is 0 Å². The van der Waals surface area contributed by atoms with E-state index in [1.165, 1.54) is 0 Å². The molecule has 1 aliphatic carbocycles. The van der Waals surface area contributed by atoms with Crippen molar-refractivity contribution in [2.75, 3.05) is 6.61 Å². The fourth-order valence-electron chi connectivity index (χ4n) is 2.23. The van der Waals surface area contributed by atoms with Gasteiger partial charge >= 0.3 is 5.97 Å². The highest BCUT2D eigenvalue weighted by atomic mass is 16.5. The van der Waals surface area contributed by atoms with E-state index in [0.717, 1.165) is 31.3 Å². The largest absolute Gasteiger partial charge is 0.481 e. The van der Waals surface area contributed by atoms with Crippen LogP contribution >= 0.6 is 0 Å². The van der Waals surface area contributed by atoms with E-state index in [1.54, 1.807) is 6.08 Å². The van der Waals surface area contributed by atoms with Gasteiger partial charge in [0.15, 0.2) is 0 Å². The molecule has 0 amide bonds. The van der Waals surface area contributed by atoms with Crippen molar-refractivity contribution in [3.05, 3.63) is 23.8 Å². The molecule has 1 aliphatic rings. The van der Waals surface area contributed by atoms with Crippen LogP contribution in [0.1, 0.15) is 46.0 Å². The lowest BCUT2D eigenvalue weighted by Gasteiger charge is -2.16. The lowest BCUT2D eigenvalue weighted by Crippen LogP contribution is -2.13. The first kappa shape index (κ1) is 16.5. The van der Waals surface area contributed by atoms with Crippen molar-refractivity contribution in [2.24, 2.45) is 11.8 Å². The van der Waals surface area contributed by atoms with E-state index in [0.29, 0.717) is 12.5 Å². The SMILES string of the molecule is C/C=C\C(=C/C(=N)OCCCC)C(CC(=O)O)C1CC1. The number of aliphatic carboxylic acids is 1. The van der Waals surface area contributed by atoms with Gasteiger partial charge in [-0.3, -0.25) is 10.2 Å². The molecule has 0 radical (unpaired) electrons. The minimum Gasteiger partial charge on any atom is -0.481 e. The molecule has 0 aromatic carbocycles. The van der Waals surface area contributed by atoms with E-state index < -0.39 is 5.97 Å². The average molecular weight is 279 g/mol. The molecule has 1 fully saturated rings. The minimum absolute atomic E-state index is 0.00109. The van der Waals surface area contributed by atoms with Crippen molar-refractivity contribution in [2.45, 2.75) is 46.0 Å². The second-order valence-corrected chi connectivity index (χ2v) is 5.25. The molecule has 0 heterocycles. The number of allylic oxidation sites excluding steroid dienone is 3. The summed E-state index contributed by atoms with van der Waals surface area (Å²) in [6, 6.07) is 0. The van der Waals surface area contributed by atoms with Gasteiger partial charge in [0.2, 0.25) is 5.90 Å². The summed E-state index contributed by atoms with van der Waals surface area (Å²) in [5.41, 5.74) is 0.902. The summed E-state index contributed by atoms with van der Waals surface area (Å²) in [4.78, 5) is 11.0. The Hall–Kier alpha value is -1.58. The lowest BCUT2D eigenvalue weighted by atomic mass is 9.90. The van der Waals surface area contributed by atoms with Gasteiger partial charge in [-0.2, -0.15) is 0 Å². The number of unbranched alkanes of at least 4 members (excludes halogenated alkanes) is 1. The molecule has 4 heteroatoms. The van der Waals surface area contributed by atoms with Crippen molar-refractivity contribution < 1.29 is 14.6 Å². The smallest absolute Gasteiger partial charge is 0.303 e. The number of carboxylic acid groups (broad SMARTS) is 1. The Morgan fingerprint density at radius 2 is 2.20 bits per heavy atom. The van der Waals surface area contributed by atoms with Crippen LogP contribution in [0.5, 0.6) is 0 Å². The lowest BCUT2D eigenvalue weighted by molar-refractivity contribution is -0.137. The number of hydrogen-bond donors (Lipinski definition) is 2. The van der Waals surface area contributed by atoms with Crippen LogP contribution in [0.15, 0.2) is 23.8 Å². The molecule has 0 bridgehead atoms. The Morgan fingerprint density at radius 1 is 1.50 bits per heavy atom. The van der Waals surface area contributed by atoms with Crippen LogP contribution in [0.25, 0.3) is 0 Å². The number of carbonyl (C=O) groups is 1. The van der Waals surface area contributed by atoms with E-state index in [-0.39, 0.29) is 18.2 Å². The zero-order valence-corrected chi connectivity index (χ0v) is 12.4. The molecule has 2 N–H and O–H groups in total. The predicted octanol–water partition coefficient (Wildman–Crippen LogP) is 3.78. The van der Waals surface area contributed by atoms with Crippen molar-refractivity contribution >= 4 is 11.9 Å². The van der Waals surface area contributed by atoms with Gasteiger partial charge in [0.25, 0.3) is 0 Å². The third kappa shape index (κ3) is 6.04. The molecule has 0 aliphatic heterocycles. The third-order valence-electron chi connectivity index (χ3n) is 3.43. The fourth-order valence-corrected chi connectivity index (χ4v) is 2.23. The van der Waals surface area contributed by atoms with E-state index in [9.17, 15) is 4.79 Å². The number of rotatable bonds is 9. The van der Waals surface area contributed by atoms with Crippen molar-refractivity contribution in [1.29, 1.82) is 5.41 Å². The Morgan fingerprint density at radius 3 is 2.70 bits per heavy atom. The third-order valence-corrected chi connectivity index (χ3v) is 3.43. The molecule has 1 unspecified atom stereocenters. The van der Waals surface area contributed by atoms with Crippen LogP contribution in [0.2, 0.25) is 0 Å². The first-order valence-corrected chi connectivity index (χ1v) is 7.35. The first-order valence-electron chi connectivity index (χ1n) is 7.35. The molecule has 0 spiro atoms. The monoisotopic (exact) mass is 279 g/mol. The molecule has 1 saturated carbocycles. The van der Waals surface area contributed by atoms with Gasteiger partial charge in [-0.15, -0.1) is 0 Å². The summed E-state index contributed by atoms with van der Waals surface area (Å²) in [6.45, 7) is 4.52. The summed E-state index contributed by atoms with van der Waals surface area (Å²) in [6.07, 6.45) is 9.73. The van der Waals surface area contributed by atoms with Crippen LogP contribution in [-0.2, 0) is 9.53 Å². The van der Waals surface area contributed by atoms with Gasteiger partial charge in [-0.25, -0.2) is 0 Å². The number of hydrogen-bond acceptors (Lipinski definition) is 3. The van der Waals surface area contributed by atoms with Crippen LogP contribution in [0.4, 0.5) is 0 Å². The summed E-state index contributed by atoms with van der Waals surface area (Å²) < 4.78 is 5.34. The molecule has 0 aromatic heterocycles. The molecule has 112 valence electrons. The topological polar surface area (TPSA) is 70.4 Å². The standard InChI is InChI=1S/C16H25NO3/c1-3-5-9-20-15(17)10-13(6-4-2)14(11-16(18)19)12-7-8-12/h4,6,10,12,14,17H,3,5,7-9,11H2,1-2H3,(H,18,19)/b6-4-,13-10+,17-15?. The maximum Gasteiger partial charge on any atom is 0.303 e. The molecule has 1 rings (SSSR count). The molecular formula is C16H25NO3. The molecule has 1 atom stereocenters. The van der Waals surface area contributed by atoms with Crippen LogP contribution in [0, 0.1) is 17.2 Å². The van der Waals surface area contributed by atoms with Crippen molar-refractivity contribution in [3.63, 3.8) is 0 Å². The van der Waals surface area contributed by atoms with E-state index >= 15 is 0 Å². The number of carboxylic acids is 1. The maximum absolute atomic E-state index is 11.0. The predicted molar refractivity (Wildman–Crippen MR) is 80.0 cm³/mol. The average Bonchev–Trinajstić information content (AvgIpc) is 3.20. The van der Waals surface area contributed by atoms with Crippen LogP contribution in [0.3, 0.4) is 0 Å². The summed E-state index contributed by atoms with van der Waals surface area (Å²) in [5, 5.41) is 16.9. The first-order chi connectivity index (χ1) is 9.58. The fraction of sp³-hybridized carbons (Fsp3) is 0.625. The molecular weight excluding hydrogens is 254 g/mol. The molecule has 0 aromatic rings. The van der Waals surface area contributed by atoms with Gasteiger partial charge in [0.1, 0.15) is 0 Å². The van der Waals surface area contributed by atoms with Crippen LogP contribution in [-0.4, -0.2) is 23.6 Å². The Bertz CT molecular complexity index is 395. The second-order valence-electron chi connectivity index (χ2n) is 5.25. The molecule has 0 saturated heterocycles. The maximum atomic E-state index is 11.0. The summed E-state index contributed by atoms with van der Waals surface area (Å²) in [5.74, 6) is -0.214. The Balaban J connectivity index is 2.73. The van der Waals surface area contributed by atoms with Gasteiger partial charge in [0, 0.05) is 6.08 Å². The van der Waals surface area contributed by atoms with Crippen molar-refractivity contribution in [1.82, 2.24) is 0 Å². The Kier molecular flexibility index (Phi) is 7.05. The highest BCUT2D eigenvalue weighted by molar-refractivity contribution is 5.86. The molecule has 4 nitrogen and oxygen atoms in total. The summed E-state index contributed by atoms with van der Waals surface area (Å²) >= 11 is 0. The second kappa shape index (κ2) is 8.56. The summed E-state index contributed by atoms with van der Waals surface area (Å²) in [7, 11) is 0. The number of nitrogens with one attached hydrogen (secondary N) is 1. The highest BCUT2D eigenvalue weighted by Crippen LogP contribution is 2.42. The minimum atomic E-state index is -0.782. The molecule has 20 heavy (non-hydrogen) atoms. The van der Waals surface area contributed by atoms with E-state index in [4.69, 9.17) is 15.3 Å². The van der Waals surface area contributed by atoms with E-state index in [1.807, 2.05) is 19.1 Å². The van der Waals surface area contributed by atoms with Gasteiger partial charge in [-0.05, 0) is 43.6 Å². The van der Waals surface area contributed by atoms with Gasteiger partial charge in [0.05, 0.1) is 13.0 Å². The quantitative estimate of drug-likeness (QED) is 0.292.